The summed E-state index contributed by atoms with van der Waals surface area (Å²) in [7, 11) is 1.91. The van der Waals surface area contributed by atoms with Crippen LogP contribution < -0.4 is 5.32 Å². The van der Waals surface area contributed by atoms with Crippen LogP contribution in [0.4, 0.5) is 5.82 Å². The lowest BCUT2D eigenvalue weighted by molar-refractivity contribution is 0.165. The van der Waals surface area contributed by atoms with Crippen LogP contribution in [0.25, 0.3) is 0 Å². The molecule has 6 heteroatoms. The number of nitrogens with one attached hydrogen (secondary N) is 1. The van der Waals surface area contributed by atoms with E-state index < -0.39 is 0 Å². The fourth-order valence-corrected chi connectivity index (χ4v) is 3.55. The molecule has 1 aliphatic heterocycles. The van der Waals surface area contributed by atoms with E-state index in [1.807, 2.05) is 12.6 Å². The Morgan fingerprint density at radius 2 is 2.24 bits per heavy atom. The summed E-state index contributed by atoms with van der Waals surface area (Å²) in [5.74, 6) is 1.57. The third-order valence-electron chi connectivity index (χ3n) is 3.97. The monoisotopic (exact) mass is 303 g/mol. The average Bonchev–Trinajstić information content (AvgIpc) is 3.01. The minimum absolute atomic E-state index is 0.654. The van der Waals surface area contributed by atoms with Crippen molar-refractivity contribution >= 4 is 17.2 Å². The van der Waals surface area contributed by atoms with Gasteiger partial charge in [0, 0.05) is 37.9 Å². The smallest absolute Gasteiger partial charge is 0.147 e. The highest BCUT2D eigenvalue weighted by Gasteiger charge is 2.22. The zero-order chi connectivity index (χ0) is 14.5. The van der Waals surface area contributed by atoms with Gasteiger partial charge in [0.15, 0.2) is 0 Å². The van der Waals surface area contributed by atoms with Crippen LogP contribution >= 0.6 is 11.3 Å². The Bertz CT molecular complexity index is 557. The lowest BCUT2D eigenvalue weighted by Crippen LogP contribution is -2.36. The first-order valence-electron chi connectivity index (χ1n) is 7.42. The van der Waals surface area contributed by atoms with E-state index >= 15 is 0 Å². The second-order valence-corrected chi connectivity index (χ2v) is 6.25. The molecule has 1 aliphatic rings. The minimum atomic E-state index is 0.654. The first kappa shape index (κ1) is 14.4. The number of hydrogen-bond acceptors (Lipinski definition) is 6. The Kier molecular flexibility index (Phi) is 4.77. The second-order valence-electron chi connectivity index (χ2n) is 5.53. The lowest BCUT2D eigenvalue weighted by atomic mass is 9.93. The van der Waals surface area contributed by atoms with E-state index in [4.69, 9.17) is 0 Å². The molecule has 0 radical (unpaired) electrons. The highest BCUT2D eigenvalue weighted by molar-refractivity contribution is 7.07. The van der Waals surface area contributed by atoms with Crippen LogP contribution in [0.15, 0.2) is 23.3 Å². The molecule has 3 heterocycles. The molecular weight excluding hydrogens is 282 g/mol. The maximum atomic E-state index is 4.49. The van der Waals surface area contributed by atoms with Crippen molar-refractivity contribution in [2.75, 3.05) is 25.5 Å². The van der Waals surface area contributed by atoms with Crippen LogP contribution in [-0.2, 0) is 13.0 Å². The van der Waals surface area contributed by atoms with Gasteiger partial charge in [-0.15, -0.1) is 11.3 Å². The molecule has 0 aliphatic carbocycles. The molecule has 0 bridgehead atoms. The van der Waals surface area contributed by atoms with Crippen molar-refractivity contribution in [2.24, 2.45) is 5.92 Å². The number of piperidine rings is 1. The summed E-state index contributed by atoms with van der Waals surface area (Å²) >= 11 is 1.67. The van der Waals surface area contributed by atoms with Gasteiger partial charge in [-0.3, -0.25) is 9.88 Å². The van der Waals surface area contributed by atoms with Gasteiger partial charge in [0.05, 0.1) is 16.9 Å². The fourth-order valence-electron chi connectivity index (χ4n) is 3.00. The zero-order valence-electron chi connectivity index (χ0n) is 12.3. The third kappa shape index (κ3) is 3.77. The van der Waals surface area contributed by atoms with Crippen molar-refractivity contribution in [1.29, 1.82) is 0 Å². The highest BCUT2D eigenvalue weighted by atomic mass is 32.1. The van der Waals surface area contributed by atoms with Crippen molar-refractivity contribution in [1.82, 2.24) is 19.9 Å². The normalized spacial score (nSPS) is 19.6. The van der Waals surface area contributed by atoms with E-state index in [2.05, 4.69) is 30.5 Å². The lowest BCUT2D eigenvalue weighted by Gasteiger charge is -2.32. The summed E-state index contributed by atoms with van der Waals surface area (Å²) in [6.07, 6.45) is 7.05. The summed E-state index contributed by atoms with van der Waals surface area (Å²) in [6.45, 7) is 3.27. The van der Waals surface area contributed by atoms with Gasteiger partial charge < -0.3 is 5.32 Å². The molecular formula is C15H21N5S. The standard InChI is InChI=1S/C15H21N5S/c1-16-15-14(17-4-5-18-15)7-12-3-2-6-20(8-12)9-13-10-21-11-19-13/h4-5,10-12H,2-3,6-9H2,1H3,(H,16,18)/t12-/m0/s1. The van der Waals surface area contributed by atoms with E-state index in [9.17, 15) is 0 Å². The Labute approximate surface area is 129 Å². The Morgan fingerprint density at radius 1 is 1.33 bits per heavy atom. The van der Waals surface area contributed by atoms with Gasteiger partial charge in [-0.2, -0.15) is 0 Å². The maximum Gasteiger partial charge on any atom is 0.147 e. The van der Waals surface area contributed by atoms with Crippen molar-refractivity contribution in [2.45, 2.75) is 25.8 Å². The van der Waals surface area contributed by atoms with Crippen LogP contribution in [0.2, 0.25) is 0 Å². The number of anilines is 1. The molecule has 1 atom stereocenters. The maximum absolute atomic E-state index is 4.49. The molecule has 0 amide bonds. The van der Waals surface area contributed by atoms with Gasteiger partial charge in [0.25, 0.3) is 0 Å². The van der Waals surface area contributed by atoms with E-state index in [1.54, 1.807) is 23.7 Å². The predicted octanol–water partition coefficient (Wildman–Crippen LogP) is 2.43. The molecule has 1 fully saturated rings. The van der Waals surface area contributed by atoms with E-state index in [0.29, 0.717) is 5.92 Å². The Balaban J connectivity index is 1.60. The summed E-state index contributed by atoms with van der Waals surface area (Å²) in [6, 6.07) is 0. The van der Waals surface area contributed by atoms with Crippen molar-refractivity contribution in [3.63, 3.8) is 0 Å². The molecule has 0 saturated carbocycles. The van der Waals surface area contributed by atoms with Gasteiger partial charge in [0.2, 0.25) is 0 Å². The molecule has 0 aromatic carbocycles. The number of thiazole rings is 1. The molecule has 2 aromatic rings. The highest BCUT2D eigenvalue weighted by Crippen LogP contribution is 2.23. The summed E-state index contributed by atoms with van der Waals surface area (Å²) in [5.41, 5.74) is 4.19. The number of nitrogens with zero attached hydrogens (tertiary/aromatic N) is 4. The largest absolute Gasteiger partial charge is 0.372 e. The minimum Gasteiger partial charge on any atom is -0.372 e. The molecule has 5 nitrogen and oxygen atoms in total. The molecule has 1 saturated heterocycles. The van der Waals surface area contributed by atoms with Crippen LogP contribution in [0.3, 0.4) is 0 Å². The third-order valence-corrected chi connectivity index (χ3v) is 4.60. The van der Waals surface area contributed by atoms with Crippen molar-refractivity contribution in [3.05, 3.63) is 34.7 Å². The van der Waals surface area contributed by atoms with E-state index in [0.717, 1.165) is 31.0 Å². The van der Waals surface area contributed by atoms with E-state index in [-0.39, 0.29) is 0 Å². The van der Waals surface area contributed by atoms with Crippen LogP contribution in [0.5, 0.6) is 0 Å². The molecule has 1 N–H and O–H groups in total. The molecule has 112 valence electrons. The number of aromatic nitrogens is 3. The van der Waals surface area contributed by atoms with Crippen LogP contribution in [-0.4, -0.2) is 40.0 Å². The molecule has 21 heavy (non-hydrogen) atoms. The van der Waals surface area contributed by atoms with Crippen molar-refractivity contribution < 1.29 is 0 Å². The predicted molar refractivity (Wildman–Crippen MR) is 85.4 cm³/mol. The summed E-state index contributed by atoms with van der Waals surface area (Å²) in [5, 5.41) is 5.28. The topological polar surface area (TPSA) is 53.9 Å². The quantitative estimate of drug-likeness (QED) is 0.919. The second kappa shape index (κ2) is 6.95. The van der Waals surface area contributed by atoms with Crippen LogP contribution in [0, 0.1) is 5.92 Å². The number of rotatable bonds is 5. The number of hydrogen-bond donors (Lipinski definition) is 1. The number of likely N-dealkylation sites (tertiary alicyclic amines) is 1. The average molecular weight is 303 g/mol. The molecule has 2 aromatic heterocycles. The van der Waals surface area contributed by atoms with Crippen molar-refractivity contribution in [3.8, 4) is 0 Å². The Hall–Kier alpha value is -1.53. The first-order chi connectivity index (χ1) is 10.3. The van der Waals surface area contributed by atoms with Gasteiger partial charge in [0.1, 0.15) is 5.82 Å². The SMILES string of the molecule is CNc1nccnc1C[C@@H]1CCCN(Cc2cscn2)C1. The first-order valence-corrected chi connectivity index (χ1v) is 8.36. The fraction of sp³-hybridized carbons (Fsp3) is 0.533. The van der Waals surface area contributed by atoms with Crippen LogP contribution in [0.1, 0.15) is 24.2 Å². The summed E-state index contributed by atoms with van der Waals surface area (Å²) in [4.78, 5) is 15.7. The summed E-state index contributed by atoms with van der Waals surface area (Å²) < 4.78 is 0. The molecule has 0 spiro atoms. The molecule has 0 unspecified atom stereocenters. The van der Waals surface area contributed by atoms with Gasteiger partial charge in [-0.05, 0) is 31.7 Å². The van der Waals surface area contributed by atoms with Gasteiger partial charge in [-0.25, -0.2) is 9.97 Å². The Morgan fingerprint density at radius 3 is 3.05 bits per heavy atom. The van der Waals surface area contributed by atoms with Gasteiger partial charge in [-0.1, -0.05) is 0 Å². The molecule has 3 rings (SSSR count). The van der Waals surface area contributed by atoms with E-state index in [1.165, 1.54) is 25.1 Å². The van der Waals surface area contributed by atoms with Gasteiger partial charge >= 0.3 is 0 Å². The zero-order valence-corrected chi connectivity index (χ0v) is 13.1.